The smallest absolute Gasteiger partial charge is 0.00195 e. The van der Waals surface area contributed by atoms with Crippen LogP contribution in [0.1, 0.15) is 38.5 Å². The molecule has 0 radical (unpaired) electrons. The van der Waals surface area contributed by atoms with E-state index in [-0.39, 0.29) is 0 Å². The molecule has 2 atom stereocenters. The molecule has 2 heteroatoms. The average Bonchev–Trinajstić information content (AvgIpc) is 2.37. The number of nitrogens with two attached hydrogens (primary N) is 1. The standard InChI is InChI=1S/C9H19NS/c10-6-2-1-3-8-4-5-9(11)7-8/h8-9,11H,1-7,10H2. The second-order valence-corrected chi connectivity index (χ2v) is 4.35. The van der Waals surface area contributed by atoms with Crippen molar-refractivity contribution in [2.75, 3.05) is 6.54 Å². The Kier molecular flexibility index (Phi) is 4.31. The van der Waals surface area contributed by atoms with Gasteiger partial charge in [0.25, 0.3) is 0 Å². The highest BCUT2D eigenvalue weighted by Gasteiger charge is 2.20. The Hall–Kier alpha value is 0.310. The van der Waals surface area contributed by atoms with Crippen molar-refractivity contribution >= 4 is 12.6 Å². The number of hydrogen-bond donors (Lipinski definition) is 2. The van der Waals surface area contributed by atoms with Crippen LogP contribution in [0.15, 0.2) is 0 Å². The van der Waals surface area contributed by atoms with E-state index in [2.05, 4.69) is 12.6 Å². The highest BCUT2D eigenvalue weighted by molar-refractivity contribution is 7.80. The first-order valence-corrected chi connectivity index (χ1v) is 5.22. The maximum Gasteiger partial charge on any atom is 0.00195 e. The molecule has 0 aromatic heterocycles. The van der Waals surface area contributed by atoms with E-state index in [1.54, 1.807) is 0 Å². The van der Waals surface area contributed by atoms with Gasteiger partial charge in [0.2, 0.25) is 0 Å². The molecule has 0 heterocycles. The molecule has 0 saturated heterocycles. The van der Waals surface area contributed by atoms with Gasteiger partial charge in [0, 0.05) is 5.25 Å². The Balaban J connectivity index is 1.99. The van der Waals surface area contributed by atoms with E-state index in [4.69, 9.17) is 5.73 Å². The second-order valence-electron chi connectivity index (χ2n) is 3.62. The zero-order valence-corrected chi connectivity index (χ0v) is 8.02. The summed E-state index contributed by atoms with van der Waals surface area (Å²) < 4.78 is 0. The first-order chi connectivity index (χ1) is 5.33. The highest BCUT2D eigenvalue weighted by Crippen LogP contribution is 2.32. The van der Waals surface area contributed by atoms with Crippen molar-refractivity contribution in [1.82, 2.24) is 0 Å². The molecule has 1 fully saturated rings. The van der Waals surface area contributed by atoms with Gasteiger partial charge in [-0.2, -0.15) is 12.6 Å². The van der Waals surface area contributed by atoms with Crippen LogP contribution in [0.25, 0.3) is 0 Å². The van der Waals surface area contributed by atoms with Crippen LogP contribution in [0.4, 0.5) is 0 Å². The molecule has 66 valence electrons. The largest absolute Gasteiger partial charge is 0.330 e. The lowest BCUT2D eigenvalue weighted by atomic mass is 10.0. The van der Waals surface area contributed by atoms with Gasteiger partial charge < -0.3 is 5.73 Å². The van der Waals surface area contributed by atoms with E-state index in [9.17, 15) is 0 Å². The molecule has 1 aliphatic carbocycles. The first-order valence-electron chi connectivity index (χ1n) is 4.71. The Morgan fingerprint density at radius 1 is 1.27 bits per heavy atom. The molecular formula is C9H19NS. The minimum atomic E-state index is 0.692. The number of thiol groups is 1. The van der Waals surface area contributed by atoms with E-state index >= 15 is 0 Å². The van der Waals surface area contributed by atoms with E-state index in [0.29, 0.717) is 5.25 Å². The monoisotopic (exact) mass is 173 g/mol. The summed E-state index contributed by atoms with van der Waals surface area (Å²) in [7, 11) is 0. The van der Waals surface area contributed by atoms with Gasteiger partial charge in [-0.25, -0.2) is 0 Å². The zero-order valence-electron chi connectivity index (χ0n) is 7.13. The third-order valence-corrected chi connectivity index (χ3v) is 3.05. The maximum absolute atomic E-state index is 5.43. The maximum atomic E-state index is 5.43. The molecule has 0 aromatic carbocycles. The number of unbranched alkanes of at least 4 members (excludes halogenated alkanes) is 1. The molecule has 1 nitrogen and oxygen atoms in total. The van der Waals surface area contributed by atoms with E-state index in [1.807, 2.05) is 0 Å². The number of hydrogen-bond acceptors (Lipinski definition) is 2. The van der Waals surface area contributed by atoms with Crippen molar-refractivity contribution in [1.29, 1.82) is 0 Å². The quantitative estimate of drug-likeness (QED) is 0.495. The van der Waals surface area contributed by atoms with Crippen LogP contribution in [-0.4, -0.2) is 11.8 Å². The second kappa shape index (κ2) is 5.04. The lowest BCUT2D eigenvalue weighted by molar-refractivity contribution is 0.477. The SMILES string of the molecule is NCCCCC1CCC(S)C1. The lowest BCUT2D eigenvalue weighted by Gasteiger charge is -2.07. The minimum Gasteiger partial charge on any atom is -0.330 e. The van der Waals surface area contributed by atoms with Gasteiger partial charge in [-0.15, -0.1) is 0 Å². The van der Waals surface area contributed by atoms with Gasteiger partial charge in [0.05, 0.1) is 0 Å². The van der Waals surface area contributed by atoms with Crippen molar-refractivity contribution in [3.05, 3.63) is 0 Å². The van der Waals surface area contributed by atoms with Crippen molar-refractivity contribution in [3.63, 3.8) is 0 Å². The van der Waals surface area contributed by atoms with Crippen molar-refractivity contribution in [2.45, 2.75) is 43.8 Å². The molecule has 0 aliphatic heterocycles. The molecule has 0 amide bonds. The normalized spacial score (nSPS) is 31.1. The third-order valence-electron chi connectivity index (χ3n) is 2.58. The van der Waals surface area contributed by atoms with Crippen molar-refractivity contribution in [2.24, 2.45) is 11.7 Å². The Bertz CT molecular complexity index is 106. The fourth-order valence-electron chi connectivity index (χ4n) is 1.89. The third kappa shape index (κ3) is 3.48. The van der Waals surface area contributed by atoms with Crippen molar-refractivity contribution in [3.8, 4) is 0 Å². The van der Waals surface area contributed by atoms with Crippen LogP contribution in [0, 0.1) is 5.92 Å². The van der Waals surface area contributed by atoms with Crippen LogP contribution < -0.4 is 5.73 Å². The number of rotatable bonds is 4. The topological polar surface area (TPSA) is 26.0 Å². The van der Waals surface area contributed by atoms with E-state index in [0.717, 1.165) is 12.5 Å². The summed E-state index contributed by atoms with van der Waals surface area (Å²) in [5.74, 6) is 0.962. The van der Waals surface area contributed by atoms with Crippen LogP contribution in [0.3, 0.4) is 0 Å². The molecular weight excluding hydrogens is 154 g/mol. The van der Waals surface area contributed by atoms with Gasteiger partial charge in [-0.3, -0.25) is 0 Å². The summed E-state index contributed by atoms with van der Waals surface area (Å²) in [6.07, 6.45) is 7.98. The summed E-state index contributed by atoms with van der Waals surface area (Å²) in [4.78, 5) is 0. The molecule has 11 heavy (non-hydrogen) atoms. The van der Waals surface area contributed by atoms with Crippen molar-refractivity contribution < 1.29 is 0 Å². The molecule has 1 aliphatic rings. The fraction of sp³-hybridized carbons (Fsp3) is 1.00. The van der Waals surface area contributed by atoms with Gasteiger partial charge in [-0.1, -0.05) is 12.8 Å². The molecule has 2 N–H and O–H groups in total. The molecule has 2 unspecified atom stereocenters. The van der Waals surface area contributed by atoms with E-state index < -0.39 is 0 Å². The van der Waals surface area contributed by atoms with Crippen LogP contribution in [0.5, 0.6) is 0 Å². The summed E-state index contributed by atoms with van der Waals surface area (Å²) in [6, 6.07) is 0. The van der Waals surface area contributed by atoms with Gasteiger partial charge in [0.15, 0.2) is 0 Å². The van der Waals surface area contributed by atoms with Crippen LogP contribution >= 0.6 is 12.6 Å². The fourth-order valence-corrected chi connectivity index (χ4v) is 2.34. The highest BCUT2D eigenvalue weighted by atomic mass is 32.1. The average molecular weight is 173 g/mol. The Morgan fingerprint density at radius 2 is 2.09 bits per heavy atom. The summed E-state index contributed by atoms with van der Waals surface area (Å²) >= 11 is 4.47. The van der Waals surface area contributed by atoms with E-state index in [1.165, 1.54) is 38.5 Å². The molecule has 1 rings (SSSR count). The Labute approximate surface area is 75.1 Å². The van der Waals surface area contributed by atoms with Gasteiger partial charge >= 0.3 is 0 Å². The molecule has 0 aromatic rings. The minimum absolute atomic E-state index is 0.692. The van der Waals surface area contributed by atoms with Crippen LogP contribution in [-0.2, 0) is 0 Å². The summed E-state index contributed by atoms with van der Waals surface area (Å²) in [5, 5.41) is 0.692. The van der Waals surface area contributed by atoms with Gasteiger partial charge in [0.1, 0.15) is 0 Å². The Morgan fingerprint density at radius 3 is 2.64 bits per heavy atom. The first kappa shape index (κ1) is 9.40. The summed E-state index contributed by atoms with van der Waals surface area (Å²) in [6.45, 7) is 0.858. The summed E-state index contributed by atoms with van der Waals surface area (Å²) in [5.41, 5.74) is 5.43. The predicted octanol–water partition coefficient (Wildman–Crippen LogP) is 2.21. The predicted molar refractivity (Wildman–Crippen MR) is 53.0 cm³/mol. The zero-order chi connectivity index (χ0) is 8.10. The molecule has 0 spiro atoms. The molecule has 1 saturated carbocycles. The van der Waals surface area contributed by atoms with Crippen LogP contribution in [0.2, 0.25) is 0 Å². The lowest BCUT2D eigenvalue weighted by Crippen LogP contribution is -2.01. The van der Waals surface area contributed by atoms with Gasteiger partial charge in [-0.05, 0) is 38.1 Å². The molecule has 0 bridgehead atoms.